The molecule has 1 saturated heterocycles. The van der Waals surface area contributed by atoms with Crippen LogP contribution in [-0.2, 0) is 0 Å². The van der Waals surface area contributed by atoms with Gasteiger partial charge in [-0.25, -0.2) is 0 Å². The summed E-state index contributed by atoms with van der Waals surface area (Å²) in [7, 11) is 0. The van der Waals surface area contributed by atoms with Gasteiger partial charge in [-0.05, 0) is 38.5 Å². The predicted molar refractivity (Wildman–Crippen MR) is 74.9 cm³/mol. The molecule has 0 aliphatic carbocycles. The third-order valence-corrected chi connectivity index (χ3v) is 4.40. The molecule has 17 heavy (non-hydrogen) atoms. The van der Waals surface area contributed by atoms with Crippen LogP contribution in [0.1, 0.15) is 32.4 Å². The summed E-state index contributed by atoms with van der Waals surface area (Å²) < 4.78 is 5.46. The van der Waals surface area contributed by atoms with Crippen molar-refractivity contribution in [2.45, 2.75) is 32.4 Å². The van der Waals surface area contributed by atoms with E-state index >= 15 is 0 Å². The summed E-state index contributed by atoms with van der Waals surface area (Å²) >= 11 is 2.03. The Balaban J connectivity index is 2.06. The normalized spacial score (nSPS) is 23.4. The fourth-order valence-electron chi connectivity index (χ4n) is 2.13. The van der Waals surface area contributed by atoms with E-state index in [0.29, 0.717) is 6.04 Å². The second-order valence-corrected chi connectivity index (χ2v) is 6.13. The fourth-order valence-corrected chi connectivity index (χ4v) is 3.35. The third kappa shape index (κ3) is 3.39. The molecule has 1 aliphatic rings. The van der Waals surface area contributed by atoms with Crippen LogP contribution in [0, 0.1) is 0 Å². The van der Waals surface area contributed by atoms with Crippen molar-refractivity contribution in [1.29, 1.82) is 0 Å². The zero-order chi connectivity index (χ0) is 12.3. The molecule has 0 spiro atoms. The minimum atomic E-state index is 0.228. The second-order valence-electron chi connectivity index (χ2n) is 5.10. The number of benzene rings is 1. The van der Waals surface area contributed by atoms with Gasteiger partial charge in [0, 0.05) is 23.1 Å². The highest BCUT2D eigenvalue weighted by Gasteiger charge is 2.27. The third-order valence-electron chi connectivity index (χ3n) is 2.91. The molecule has 1 atom stereocenters. The van der Waals surface area contributed by atoms with Crippen molar-refractivity contribution in [2.75, 3.05) is 18.1 Å². The van der Waals surface area contributed by atoms with Gasteiger partial charge in [0.15, 0.2) is 0 Å². The highest BCUT2D eigenvalue weighted by Crippen LogP contribution is 2.29. The summed E-state index contributed by atoms with van der Waals surface area (Å²) in [5.74, 6) is 3.29. The first-order valence-corrected chi connectivity index (χ1v) is 7.34. The van der Waals surface area contributed by atoms with Crippen LogP contribution in [-0.4, -0.2) is 23.7 Å². The summed E-state index contributed by atoms with van der Waals surface area (Å²) in [5, 5.41) is 3.70. The molecule has 1 heterocycles. The lowest BCUT2D eigenvalue weighted by Gasteiger charge is -2.37. The molecule has 1 aromatic carbocycles. The SMILES string of the molecule is CCOc1ccc(C2CSCC(C)(C)N2)cc1. The Bertz CT molecular complexity index is 361. The number of nitrogens with one attached hydrogen (secondary N) is 1. The Morgan fingerprint density at radius 3 is 2.65 bits per heavy atom. The average Bonchev–Trinajstić information content (AvgIpc) is 2.29. The lowest BCUT2D eigenvalue weighted by atomic mass is 10.0. The summed E-state index contributed by atoms with van der Waals surface area (Å²) in [6.45, 7) is 7.26. The van der Waals surface area contributed by atoms with Crippen molar-refractivity contribution in [3.63, 3.8) is 0 Å². The van der Waals surface area contributed by atoms with Crippen LogP contribution in [0.25, 0.3) is 0 Å². The lowest BCUT2D eigenvalue weighted by Crippen LogP contribution is -2.48. The van der Waals surface area contributed by atoms with Crippen molar-refractivity contribution in [1.82, 2.24) is 5.32 Å². The van der Waals surface area contributed by atoms with Crippen LogP contribution < -0.4 is 10.1 Å². The monoisotopic (exact) mass is 251 g/mol. The number of ether oxygens (including phenoxy) is 1. The molecule has 1 N–H and O–H groups in total. The standard InChI is InChI=1S/C14H21NOS/c1-4-16-12-7-5-11(6-8-12)13-9-17-10-14(2,3)15-13/h5-8,13,15H,4,9-10H2,1-3H3. The van der Waals surface area contributed by atoms with E-state index in [1.807, 2.05) is 18.7 Å². The van der Waals surface area contributed by atoms with Crippen LogP contribution in [0.3, 0.4) is 0 Å². The molecule has 1 fully saturated rings. The van der Waals surface area contributed by atoms with Crippen LogP contribution in [0.15, 0.2) is 24.3 Å². The van der Waals surface area contributed by atoms with Crippen LogP contribution in [0.4, 0.5) is 0 Å². The number of hydrogen-bond donors (Lipinski definition) is 1. The van der Waals surface area contributed by atoms with Crippen molar-refractivity contribution in [3.05, 3.63) is 29.8 Å². The van der Waals surface area contributed by atoms with Gasteiger partial charge < -0.3 is 10.1 Å². The zero-order valence-corrected chi connectivity index (χ0v) is 11.6. The van der Waals surface area contributed by atoms with Gasteiger partial charge in [-0.2, -0.15) is 11.8 Å². The molecule has 0 bridgehead atoms. The summed E-state index contributed by atoms with van der Waals surface area (Å²) in [6.07, 6.45) is 0. The maximum Gasteiger partial charge on any atom is 0.119 e. The molecule has 0 radical (unpaired) electrons. The Morgan fingerprint density at radius 2 is 2.06 bits per heavy atom. The van der Waals surface area contributed by atoms with Crippen molar-refractivity contribution < 1.29 is 4.74 Å². The molecule has 2 rings (SSSR count). The first-order chi connectivity index (χ1) is 8.11. The van der Waals surface area contributed by atoms with E-state index in [0.717, 1.165) is 18.1 Å². The van der Waals surface area contributed by atoms with Crippen LogP contribution >= 0.6 is 11.8 Å². The quantitative estimate of drug-likeness (QED) is 0.891. The molecule has 1 aromatic rings. The number of thioether (sulfide) groups is 1. The van der Waals surface area contributed by atoms with E-state index in [4.69, 9.17) is 4.74 Å². The van der Waals surface area contributed by atoms with Gasteiger partial charge in [0.2, 0.25) is 0 Å². The van der Waals surface area contributed by atoms with E-state index in [1.54, 1.807) is 0 Å². The molecular formula is C14H21NOS. The summed E-state index contributed by atoms with van der Waals surface area (Å²) in [6, 6.07) is 8.92. The highest BCUT2D eigenvalue weighted by atomic mass is 32.2. The maximum absolute atomic E-state index is 5.46. The van der Waals surface area contributed by atoms with E-state index in [-0.39, 0.29) is 5.54 Å². The van der Waals surface area contributed by atoms with Crippen molar-refractivity contribution in [2.24, 2.45) is 0 Å². The average molecular weight is 251 g/mol. The predicted octanol–water partition coefficient (Wildman–Crippen LogP) is 3.24. The zero-order valence-electron chi connectivity index (χ0n) is 10.8. The van der Waals surface area contributed by atoms with Gasteiger partial charge in [0.1, 0.15) is 5.75 Å². The van der Waals surface area contributed by atoms with Crippen LogP contribution in [0.5, 0.6) is 5.75 Å². The van der Waals surface area contributed by atoms with Crippen molar-refractivity contribution >= 4 is 11.8 Å². The summed E-state index contributed by atoms with van der Waals surface area (Å²) in [4.78, 5) is 0. The summed E-state index contributed by atoms with van der Waals surface area (Å²) in [5.41, 5.74) is 1.58. The first kappa shape index (κ1) is 12.8. The molecule has 1 aliphatic heterocycles. The topological polar surface area (TPSA) is 21.3 Å². The second kappa shape index (κ2) is 5.32. The van der Waals surface area contributed by atoms with E-state index in [1.165, 1.54) is 11.3 Å². The molecule has 3 heteroatoms. The molecule has 0 amide bonds. The first-order valence-electron chi connectivity index (χ1n) is 6.19. The molecular weight excluding hydrogens is 230 g/mol. The lowest BCUT2D eigenvalue weighted by molar-refractivity contribution is 0.339. The van der Waals surface area contributed by atoms with E-state index in [2.05, 4.69) is 43.4 Å². The molecule has 0 aromatic heterocycles. The van der Waals surface area contributed by atoms with Gasteiger partial charge in [0.25, 0.3) is 0 Å². The van der Waals surface area contributed by atoms with Gasteiger partial charge >= 0.3 is 0 Å². The Labute approximate surface area is 108 Å². The number of hydrogen-bond acceptors (Lipinski definition) is 3. The molecule has 94 valence electrons. The van der Waals surface area contributed by atoms with Crippen molar-refractivity contribution in [3.8, 4) is 5.75 Å². The fraction of sp³-hybridized carbons (Fsp3) is 0.571. The maximum atomic E-state index is 5.46. The van der Waals surface area contributed by atoms with Gasteiger partial charge in [-0.3, -0.25) is 0 Å². The molecule has 2 nitrogen and oxygen atoms in total. The molecule has 0 saturated carbocycles. The molecule has 1 unspecified atom stereocenters. The van der Waals surface area contributed by atoms with E-state index in [9.17, 15) is 0 Å². The Morgan fingerprint density at radius 1 is 1.35 bits per heavy atom. The largest absolute Gasteiger partial charge is 0.494 e. The Hall–Kier alpha value is -0.670. The van der Waals surface area contributed by atoms with Crippen LogP contribution in [0.2, 0.25) is 0 Å². The minimum absolute atomic E-state index is 0.228. The highest BCUT2D eigenvalue weighted by molar-refractivity contribution is 7.99. The van der Waals surface area contributed by atoms with Gasteiger partial charge in [-0.1, -0.05) is 12.1 Å². The number of rotatable bonds is 3. The van der Waals surface area contributed by atoms with Gasteiger partial charge in [-0.15, -0.1) is 0 Å². The van der Waals surface area contributed by atoms with Gasteiger partial charge in [0.05, 0.1) is 6.61 Å². The minimum Gasteiger partial charge on any atom is -0.494 e. The Kier molecular flexibility index (Phi) is 4.00. The van der Waals surface area contributed by atoms with E-state index < -0.39 is 0 Å². The smallest absolute Gasteiger partial charge is 0.119 e.